The van der Waals surface area contributed by atoms with Crippen molar-refractivity contribution in [1.82, 2.24) is 4.98 Å². The average Bonchev–Trinajstić information content (AvgIpc) is 2.96. The average molecular weight is 279 g/mol. The number of thiophene rings is 1. The van der Waals surface area contributed by atoms with Gasteiger partial charge in [-0.1, -0.05) is 35.9 Å². The second kappa shape index (κ2) is 6.02. The van der Waals surface area contributed by atoms with Gasteiger partial charge in [-0.15, -0.1) is 11.3 Å². The number of rotatable bonds is 4. The van der Waals surface area contributed by atoms with E-state index in [1.54, 1.807) is 11.3 Å². The highest BCUT2D eigenvalue weighted by atomic mass is 32.1. The Bertz CT molecular complexity index is 668. The maximum atomic E-state index is 4.46. The molecule has 20 heavy (non-hydrogen) atoms. The number of pyridine rings is 1. The molecule has 0 aliphatic rings. The summed E-state index contributed by atoms with van der Waals surface area (Å²) in [6, 6.07) is 17.1. The Hall–Kier alpha value is -1.93. The van der Waals surface area contributed by atoms with Crippen LogP contribution in [0, 0.1) is 6.92 Å². The summed E-state index contributed by atoms with van der Waals surface area (Å²) in [4.78, 5) is 5.76. The molecule has 2 heterocycles. The van der Waals surface area contributed by atoms with Crippen LogP contribution in [0.5, 0.6) is 0 Å². The van der Waals surface area contributed by atoms with E-state index in [0.717, 1.165) is 18.5 Å². The Morgan fingerprint density at radius 3 is 2.55 bits per heavy atom. The third kappa shape index (κ3) is 2.97. The second-order valence-corrected chi connectivity index (χ2v) is 5.89. The molecule has 0 amide bonds. The third-order valence-electron chi connectivity index (χ3n) is 3.45. The zero-order valence-corrected chi connectivity index (χ0v) is 12.4. The van der Waals surface area contributed by atoms with Crippen molar-refractivity contribution in [3.8, 4) is 10.6 Å². The first-order valence-electron chi connectivity index (χ1n) is 6.86. The molecule has 0 unspecified atom stereocenters. The predicted molar refractivity (Wildman–Crippen MR) is 86.1 cm³/mol. The molecule has 3 aromatic rings. The summed E-state index contributed by atoms with van der Waals surface area (Å²) >= 11 is 1.78. The third-order valence-corrected chi connectivity index (χ3v) is 4.43. The van der Waals surface area contributed by atoms with E-state index in [1.165, 1.54) is 21.6 Å². The number of nitrogens with zero attached hydrogens (tertiary/aromatic N) is 1. The van der Waals surface area contributed by atoms with E-state index >= 15 is 0 Å². The first-order valence-corrected chi connectivity index (χ1v) is 7.74. The minimum absolute atomic E-state index is 1.07. The molecule has 3 rings (SSSR count). The summed E-state index contributed by atoms with van der Waals surface area (Å²) in [5.41, 5.74) is 5.20. The summed E-state index contributed by atoms with van der Waals surface area (Å²) in [5, 5.41) is 2.16. The topological polar surface area (TPSA) is 12.9 Å². The van der Waals surface area contributed by atoms with Crippen molar-refractivity contribution in [2.75, 3.05) is 0 Å². The lowest BCUT2D eigenvalue weighted by Crippen LogP contribution is -1.92. The van der Waals surface area contributed by atoms with E-state index in [-0.39, 0.29) is 0 Å². The first kappa shape index (κ1) is 13.1. The smallest absolute Gasteiger partial charge is 0.0804 e. The van der Waals surface area contributed by atoms with Crippen molar-refractivity contribution >= 4 is 11.3 Å². The number of hydrogen-bond donors (Lipinski definition) is 0. The number of hydrogen-bond acceptors (Lipinski definition) is 2. The van der Waals surface area contributed by atoms with Crippen LogP contribution in [0.1, 0.15) is 16.7 Å². The first-order chi connectivity index (χ1) is 9.83. The zero-order valence-electron chi connectivity index (χ0n) is 11.5. The van der Waals surface area contributed by atoms with Crippen molar-refractivity contribution < 1.29 is 0 Å². The molecule has 0 saturated carbocycles. The van der Waals surface area contributed by atoms with Crippen molar-refractivity contribution in [2.45, 2.75) is 19.8 Å². The molecule has 0 saturated heterocycles. The van der Waals surface area contributed by atoms with E-state index in [0.29, 0.717) is 0 Å². The SMILES string of the molecule is Cc1ccc(CCc2ccsc2-c2ccccn2)cc1. The molecular weight excluding hydrogens is 262 g/mol. The number of aromatic nitrogens is 1. The predicted octanol–water partition coefficient (Wildman–Crippen LogP) is 4.90. The molecule has 0 aliphatic heterocycles. The molecule has 0 spiro atoms. The highest BCUT2D eigenvalue weighted by Gasteiger charge is 2.07. The molecule has 0 N–H and O–H groups in total. The monoisotopic (exact) mass is 279 g/mol. The van der Waals surface area contributed by atoms with Crippen molar-refractivity contribution in [3.63, 3.8) is 0 Å². The van der Waals surface area contributed by atoms with Gasteiger partial charge in [0.1, 0.15) is 0 Å². The molecule has 0 fully saturated rings. The Morgan fingerprint density at radius 1 is 0.950 bits per heavy atom. The van der Waals surface area contributed by atoms with E-state index in [9.17, 15) is 0 Å². The van der Waals surface area contributed by atoms with Gasteiger partial charge in [-0.25, -0.2) is 0 Å². The van der Waals surface area contributed by atoms with E-state index in [2.05, 4.69) is 53.7 Å². The maximum Gasteiger partial charge on any atom is 0.0804 e. The molecular formula is C18H17NS. The Balaban J connectivity index is 1.76. The molecule has 1 aromatic carbocycles. The van der Waals surface area contributed by atoms with Crippen molar-refractivity contribution in [3.05, 3.63) is 76.8 Å². The Kier molecular flexibility index (Phi) is 3.93. The van der Waals surface area contributed by atoms with Crippen LogP contribution in [0.15, 0.2) is 60.1 Å². The van der Waals surface area contributed by atoms with Gasteiger partial charge in [0.15, 0.2) is 0 Å². The molecule has 2 aromatic heterocycles. The van der Waals surface area contributed by atoms with Gasteiger partial charge in [-0.3, -0.25) is 4.98 Å². The fourth-order valence-electron chi connectivity index (χ4n) is 2.29. The highest BCUT2D eigenvalue weighted by Crippen LogP contribution is 2.28. The van der Waals surface area contributed by atoms with Crippen LogP contribution in [-0.2, 0) is 12.8 Å². The minimum Gasteiger partial charge on any atom is -0.255 e. The van der Waals surface area contributed by atoms with Gasteiger partial charge in [0, 0.05) is 6.20 Å². The van der Waals surface area contributed by atoms with Crippen LogP contribution in [0.4, 0.5) is 0 Å². The molecule has 0 aliphatic carbocycles. The van der Waals surface area contributed by atoms with Gasteiger partial charge in [-0.2, -0.15) is 0 Å². The van der Waals surface area contributed by atoms with Crippen molar-refractivity contribution in [1.29, 1.82) is 0 Å². The van der Waals surface area contributed by atoms with Gasteiger partial charge in [-0.05, 0) is 54.5 Å². The summed E-state index contributed by atoms with van der Waals surface area (Å²) in [6.07, 6.45) is 4.01. The van der Waals surface area contributed by atoms with Gasteiger partial charge >= 0.3 is 0 Å². The van der Waals surface area contributed by atoms with E-state index < -0.39 is 0 Å². The largest absolute Gasteiger partial charge is 0.255 e. The van der Waals surface area contributed by atoms with Crippen LogP contribution < -0.4 is 0 Å². The molecule has 1 nitrogen and oxygen atoms in total. The number of aryl methyl sites for hydroxylation is 3. The summed E-state index contributed by atoms with van der Waals surface area (Å²) in [5.74, 6) is 0. The molecule has 2 heteroatoms. The lowest BCUT2D eigenvalue weighted by atomic mass is 10.0. The van der Waals surface area contributed by atoms with Crippen LogP contribution in [0.2, 0.25) is 0 Å². The van der Waals surface area contributed by atoms with Crippen LogP contribution in [-0.4, -0.2) is 4.98 Å². The molecule has 100 valence electrons. The standard InChI is InChI=1S/C18H17NS/c1-14-5-7-15(8-6-14)9-10-16-11-13-20-18(16)17-4-2-3-12-19-17/h2-8,11-13H,9-10H2,1H3. The van der Waals surface area contributed by atoms with Gasteiger partial charge < -0.3 is 0 Å². The molecule has 0 radical (unpaired) electrons. The van der Waals surface area contributed by atoms with Gasteiger partial charge in [0.05, 0.1) is 10.6 Å². The fraction of sp³-hybridized carbons (Fsp3) is 0.167. The van der Waals surface area contributed by atoms with Crippen LogP contribution in [0.3, 0.4) is 0 Å². The molecule has 0 atom stereocenters. The fourth-order valence-corrected chi connectivity index (χ4v) is 3.22. The normalized spacial score (nSPS) is 10.7. The summed E-state index contributed by atoms with van der Waals surface area (Å²) in [6.45, 7) is 2.13. The van der Waals surface area contributed by atoms with Crippen LogP contribution in [0.25, 0.3) is 10.6 Å². The summed E-state index contributed by atoms with van der Waals surface area (Å²) < 4.78 is 0. The quantitative estimate of drug-likeness (QED) is 0.661. The minimum atomic E-state index is 1.07. The van der Waals surface area contributed by atoms with E-state index in [1.807, 2.05) is 18.3 Å². The maximum absolute atomic E-state index is 4.46. The lowest BCUT2D eigenvalue weighted by Gasteiger charge is -2.04. The number of benzene rings is 1. The van der Waals surface area contributed by atoms with Crippen molar-refractivity contribution in [2.24, 2.45) is 0 Å². The second-order valence-electron chi connectivity index (χ2n) is 4.98. The van der Waals surface area contributed by atoms with E-state index in [4.69, 9.17) is 0 Å². The zero-order chi connectivity index (χ0) is 13.8. The lowest BCUT2D eigenvalue weighted by molar-refractivity contribution is 0.965. The molecule has 0 bridgehead atoms. The van der Waals surface area contributed by atoms with Gasteiger partial charge in [0.2, 0.25) is 0 Å². The van der Waals surface area contributed by atoms with Crippen LogP contribution >= 0.6 is 11.3 Å². The Labute approximate surface area is 124 Å². The van der Waals surface area contributed by atoms with Gasteiger partial charge in [0.25, 0.3) is 0 Å². The highest BCUT2D eigenvalue weighted by molar-refractivity contribution is 7.13. The Morgan fingerprint density at radius 2 is 1.80 bits per heavy atom. The summed E-state index contributed by atoms with van der Waals surface area (Å²) in [7, 11) is 0.